The van der Waals surface area contributed by atoms with Crippen LogP contribution in [0.4, 0.5) is 8.78 Å². The van der Waals surface area contributed by atoms with Gasteiger partial charge in [-0.3, -0.25) is 0 Å². The highest BCUT2D eigenvalue weighted by atomic mass is 19.3. The number of hydrogen-bond acceptors (Lipinski definition) is 3. The van der Waals surface area contributed by atoms with E-state index in [1.807, 2.05) is 12.1 Å². The molecule has 1 saturated heterocycles. The van der Waals surface area contributed by atoms with Gasteiger partial charge in [-0.25, -0.2) is 8.78 Å². The second kappa shape index (κ2) is 9.66. The second-order valence-electron chi connectivity index (χ2n) is 9.21. The molecule has 0 spiro atoms. The van der Waals surface area contributed by atoms with Crippen LogP contribution in [0.1, 0.15) is 53.9 Å². The first-order valence-electron chi connectivity index (χ1n) is 11.5. The number of nitrogens with zero attached hydrogens (tertiary/aromatic N) is 2. The summed E-state index contributed by atoms with van der Waals surface area (Å²) in [5.41, 5.74) is 5.56. The van der Waals surface area contributed by atoms with Crippen LogP contribution in [0.15, 0.2) is 42.5 Å². The zero-order valence-electron chi connectivity index (χ0n) is 18.7. The lowest BCUT2D eigenvalue weighted by Crippen LogP contribution is -2.39. The van der Waals surface area contributed by atoms with Crippen molar-refractivity contribution in [3.63, 3.8) is 0 Å². The van der Waals surface area contributed by atoms with Crippen LogP contribution in [0.25, 0.3) is 0 Å². The van der Waals surface area contributed by atoms with Crippen molar-refractivity contribution < 1.29 is 13.5 Å². The summed E-state index contributed by atoms with van der Waals surface area (Å²) in [5.74, 6) is -1.18. The number of alkyl halides is 2. The number of aryl methyl sites for hydroxylation is 1. The largest absolute Gasteiger partial charge is 0.497 e. The summed E-state index contributed by atoms with van der Waals surface area (Å²) in [6.45, 7) is 4.00. The molecule has 2 aliphatic rings. The Hall–Kier alpha value is -1.98. The number of unbranched alkanes of at least 4 members (excludes halogenated alkanes) is 1. The third kappa shape index (κ3) is 5.64. The fourth-order valence-corrected chi connectivity index (χ4v) is 4.95. The van der Waals surface area contributed by atoms with Crippen LogP contribution in [-0.4, -0.2) is 56.1 Å². The van der Waals surface area contributed by atoms with Crippen LogP contribution in [-0.2, 0) is 13.0 Å². The van der Waals surface area contributed by atoms with E-state index >= 15 is 0 Å². The van der Waals surface area contributed by atoms with E-state index in [2.05, 4.69) is 47.2 Å². The summed E-state index contributed by atoms with van der Waals surface area (Å²) >= 11 is 0. The molecule has 168 valence electrons. The molecule has 0 radical (unpaired) electrons. The van der Waals surface area contributed by atoms with Gasteiger partial charge in [0.25, 0.3) is 5.92 Å². The van der Waals surface area contributed by atoms with Crippen LogP contribution in [0, 0.1) is 0 Å². The van der Waals surface area contributed by atoms with E-state index in [0.717, 1.165) is 44.6 Å². The van der Waals surface area contributed by atoms with Gasteiger partial charge >= 0.3 is 0 Å². The molecular formula is C26H34F2N2O. The van der Waals surface area contributed by atoms with Gasteiger partial charge in [0.15, 0.2) is 0 Å². The van der Waals surface area contributed by atoms with E-state index in [-0.39, 0.29) is 12.8 Å². The van der Waals surface area contributed by atoms with Gasteiger partial charge in [0.05, 0.1) is 7.11 Å². The van der Waals surface area contributed by atoms with E-state index in [9.17, 15) is 8.78 Å². The highest BCUT2D eigenvalue weighted by Crippen LogP contribution is 2.34. The van der Waals surface area contributed by atoms with E-state index in [1.165, 1.54) is 22.3 Å². The summed E-state index contributed by atoms with van der Waals surface area (Å²) in [5, 5.41) is 0. The molecule has 0 saturated carbocycles. The van der Waals surface area contributed by atoms with Gasteiger partial charge in [-0.05, 0) is 67.2 Å². The minimum absolute atomic E-state index is 0.0146. The standard InChI is InChI=1S/C26H34F2N2O/c1-29-18-22-17-20(5-3-4-14-30-15-12-26(27,28)13-16-30)6-11-24(22)25(19-29)21-7-9-23(31-2)10-8-21/h6-11,17,25H,3-5,12-16,18-19H2,1-2H3. The minimum Gasteiger partial charge on any atom is -0.497 e. The zero-order chi connectivity index (χ0) is 21.8. The Balaban J connectivity index is 1.34. The number of benzene rings is 2. The molecule has 5 heteroatoms. The molecule has 2 aromatic carbocycles. The quantitative estimate of drug-likeness (QED) is 0.555. The summed E-state index contributed by atoms with van der Waals surface area (Å²) < 4.78 is 31.9. The van der Waals surface area contributed by atoms with Crippen molar-refractivity contribution in [3.8, 4) is 5.75 Å². The predicted molar refractivity (Wildman–Crippen MR) is 121 cm³/mol. The zero-order valence-corrected chi connectivity index (χ0v) is 18.7. The minimum atomic E-state index is -2.45. The summed E-state index contributed by atoms with van der Waals surface area (Å²) in [7, 11) is 3.89. The first-order chi connectivity index (χ1) is 14.9. The number of fused-ring (bicyclic) bond motifs is 1. The molecule has 2 aromatic rings. The Labute approximate surface area is 185 Å². The number of rotatable bonds is 7. The van der Waals surface area contributed by atoms with Gasteiger partial charge in [0, 0.05) is 44.9 Å². The van der Waals surface area contributed by atoms with Crippen LogP contribution < -0.4 is 4.74 Å². The summed E-state index contributed by atoms with van der Waals surface area (Å²) in [6.07, 6.45) is 3.25. The fraction of sp³-hybridized carbons (Fsp3) is 0.538. The molecule has 4 rings (SSSR count). The molecule has 31 heavy (non-hydrogen) atoms. The average Bonchev–Trinajstić information content (AvgIpc) is 2.77. The highest BCUT2D eigenvalue weighted by Gasteiger charge is 2.33. The van der Waals surface area contributed by atoms with Crippen LogP contribution in [0.2, 0.25) is 0 Å². The monoisotopic (exact) mass is 428 g/mol. The van der Waals surface area contributed by atoms with Gasteiger partial charge in [-0.2, -0.15) is 0 Å². The molecule has 0 N–H and O–H groups in total. The third-order valence-electron chi connectivity index (χ3n) is 6.81. The Bertz CT molecular complexity index is 858. The average molecular weight is 429 g/mol. The van der Waals surface area contributed by atoms with Crippen LogP contribution in [0.3, 0.4) is 0 Å². The lowest BCUT2D eigenvalue weighted by atomic mass is 9.83. The lowest BCUT2D eigenvalue weighted by molar-refractivity contribution is -0.0551. The molecule has 1 atom stereocenters. The molecule has 3 nitrogen and oxygen atoms in total. The van der Waals surface area contributed by atoms with Crippen molar-refractivity contribution in [1.82, 2.24) is 9.80 Å². The van der Waals surface area contributed by atoms with Crippen molar-refractivity contribution >= 4 is 0 Å². The van der Waals surface area contributed by atoms with Crippen LogP contribution >= 0.6 is 0 Å². The number of likely N-dealkylation sites (N-methyl/N-ethyl adjacent to an activating group) is 1. The first kappa shape index (κ1) is 22.2. The first-order valence-corrected chi connectivity index (χ1v) is 11.5. The predicted octanol–water partition coefficient (Wildman–Crippen LogP) is 5.33. The third-order valence-corrected chi connectivity index (χ3v) is 6.81. The Morgan fingerprint density at radius 3 is 2.48 bits per heavy atom. The number of hydrogen-bond donors (Lipinski definition) is 0. The van der Waals surface area contributed by atoms with E-state index < -0.39 is 5.92 Å². The van der Waals surface area contributed by atoms with Crippen molar-refractivity contribution in [2.75, 3.05) is 40.3 Å². The molecule has 2 aliphatic heterocycles. The molecule has 2 heterocycles. The number of piperidine rings is 1. The molecular weight excluding hydrogens is 394 g/mol. The van der Waals surface area contributed by atoms with Gasteiger partial charge in [-0.1, -0.05) is 30.3 Å². The van der Waals surface area contributed by atoms with Crippen molar-refractivity contribution in [3.05, 3.63) is 64.7 Å². The summed E-state index contributed by atoms with van der Waals surface area (Å²) in [6, 6.07) is 15.4. The maximum atomic E-state index is 13.3. The Kier molecular flexibility index (Phi) is 6.92. The van der Waals surface area contributed by atoms with Gasteiger partial charge in [-0.15, -0.1) is 0 Å². The highest BCUT2D eigenvalue weighted by molar-refractivity contribution is 5.43. The number of methoxy groups -OCH3 is 1. The van der Waals surface area contributed by atoms with E-state index in [0.29, 0.717) is 19.0 Å². The lowest BCUT2D eigenvalue weighted by Gasteiger charge is -2.33. The number of likely N-dealkylation sites (tertiary alicyclic amines) is 1. The SMILES string of the molecule is COc1ccc(C2CN(C)Cc3cc(CCCCN4CCC(F)(F)CC4)ccc32)cc1. The molecule has 0 amide bonds. The van der Waals surface area contributed by atoms with Crippen molar-refractivity contribution in [1.29, 1.82) is 0 Å². The van der Waals surface area contributed by atoms with Crippen molar-refractivity contribution in [2.24, 2.45) is 0 Å². The maximum Gasteiger partial charge on any atom is 0.250 e. The fourth-order valence-electron chi connectivity index (χ4n) is 4.95. The van der Waals surface area contributed by atoms with Gasteiger partial charge in [0.1, 0.15) is 5.75 Å². The smallest absolute Gasteiger partial charge is 0.250 e. The van der Waals surface area contributed by atoms with Gasteiger partial charge in [0.2, 0.25) is 0 Å². The van der Waals surface area contributed by atoms with E-state index in [1.54, 1.807) is 7.11 Å². The van der Waals surface area contributed by atoms with Crippen LogP contribution in [0.5, 0.6) is 5.75 Å². The molecule has 0 aromatic heterocycles. The topological polar surface area (TPSA) is 15.7 Å². The number of halogens is 2. The number of ether oxygens (including phenoxy) is 1. The molecule has 0 aliphatic carbocycles. The van der Waals surface area contributed by atoms with E-state index in [4.69, 9.17) is 4.74 Å². The molecule has 1 fully saturated rings. The Morgan fingerprint density at radius 2 is 1.77 bits per heavy atom. The summed E-state index contributed by atoms with van der Waals surface area (Å²) in [4.78, 5) is 4.59. The molecule has 0 bridgehead atoms. The van der Waals surface area contributed by atoms with Crippen molar-refractivity contribution in [2.45, 2.75) is 50.5 Å². The van der Waals surface area contributed by atoms with Gasteiger partial charge < -0.3 is 14.5 Å². The second-order valence-corrected chi connectivity index (χ2v) is 9.21. The Morgan fingerprint density at radius 1 is 1.03 bits per heavy atom. The maximum absolute atomic E-state index is 13.3. The normalized spacial score (nSPS) is 21.6. The molecule has 1 unspecified atom stereocenters.